The summed E-state index contributed by atoms with van der Waals surface area (Å²) in [5.41, 5.74) is 2.32. The second kappa shape index (κ2) is 8.76. The van der Waals surface area contributed by atoms with Crippen LogP contribution in [0.2, 0.25) is 0 Å². The van der Waals surface area contributed by atoms with Gasteiger partial charge < -0.3 is 14.4 Å². The van der Waals surface area contributed by atoms with Gasteiger partial charge in [-0.1, -0.05) is 42.5 Å². The first-order valence-electron chi connectivity index (χ1n) is 10.0. The number of likely N-dealkylation sites (tertiary alicyclic amines) is 1. The molecular weight excluding hydrogens is 352 g/mol. The van der Waals surface area contributed by atoms with Crippen LogP contribution in [0.25, 0.3) is 0 Å². The molecule has 2 saturated heterocycles. The fourth-order valence-corrected chi connectivity index (χ4v) is 4.09. The van der Waals surface area contributed by atoms with Crippen molar-refractivity contribution in [1.29, 1.82) is 0 Å². The monoisotopic (exact) mass is 380 g/mol. The lowest BCUT2D eigenvalue weighted by Gasteiger charge is -2.46. The van der Waals surface area contributed by atoms with Crippen LogP contribution in [0.4, 0.5) is 0 Å². The molecule has 1 amide bonds. The molecule has 148 valence electrons. The summed E-state index contributed by atoms with van der Waals surface area (Å²) in [6.07, 6.45) is 0.492. The number of rotatable bonds is 6. The quantitative estimate of drug-likeness (QED) is 0.773. The van der Waals surface area contributed by atoms with Crippen LogP contribution in [0.5, 0.6) is 5.75 Å². The number of amides is 1. The van der Waals surface area contributed by atoms with Crippen molar-refractivity contribution >= 4 is 5.91 Å². The molecule has 0 aliphatic carbocycles. The minimum Gasteiger partial charge on any atom is -0.497 e. The van der Waals surface area contributed by atoms with E-state index in [1.807, 2.05) is 35.2 Å². The van der Waals surface area contributed by atoms with Crippen LogP contribution in [0.15, 0.2) is 54.6 Å². The summed E-state index contributed by atoms with van der Waals surface area (Å²) in [5.74, 6) is 1.12. The second-order valence-electron chi connectivity index (χ2n) is 7.54. The molecule has 0 aromatic heterocycles. The summed E-state index contributed by atoms with van der Waals surface area (Å²) in [5, 5.41) is 0. The van der Waals surface area contributed by atoms with Gasteiger partial charge in [0.2, 0.25) is 5.91 Å². The Bertz CT molecular complexity index is 766. The van der Waals surface area contributed by atoms with E-state index in [9.17, 15) is 4.79 Å². The molecule has 1 atom stereocenters. The van der Waals surface area contributed by atoms with E-state index in [1.54, 1.807) is 7.11 Å². The number of methoxy groups -OCH3 is 1. The van der Waals surface area contributed by atoms with Gasteiger partial charge in [0.15, 0.2) is 0 Å². The van der Waals surface area contributed by atoms with Crippen molar-refractivity contribution in [1.82, 2.24) is 9.80 Å². The Kier molecular flexibility index (Phi) is 5.93. The van der Waals surface area contributed by atoms with Crippen LogP contribution in [0, 0.1) is 0 Å². The average Bonchev–Trinajstić information content (AvgIpc) is 2.72. The summed E-state index contributed by atoms with van der Waals surface area (Å²) in [6, 6.07) is 18.9. The first-order chi connectivity index (χ1) is 13.7. The molecule has 0 bridgehead atoms. The van der Waals surface area contributed by atoms with E-state index in [4.69, 9.17) is 9.47 Å². The highest BCUT2D eigenvalue weighted by Crippen LogP contribution is 2.31. The van der Waals surface area contributed by atoms with Gasteiger partial charge in [-0.3, -0.25) is 9.69 Å². The van der Waals surface area contributed by atoms with Gasteiger partial charge in [0.05, 0.1) is 20.3 Å². The van der Waals surface area contributed by atoms with Gasteiger partial charge in [-0.25, -0.2) is 0 Å². The average molecular weight is 380 g/mol. The van der Waals surface area contributed by atoms with Gasteiger partial charge in [-0.15, -0.1) is 0 Å². The molecule has 0 saturated carbocycles. The molecule has 5 heteroatoms. The largest absolute Gasteiger partial charge is 0.497 e. The highest BCUT2D eigenvalue weighted by molar-refractivity contribution is 5.78. The molecule has 0 N–H and O–H groups in total. The highest BCUT2D eigenvalue weighted by atomic mass is 16.5. The maximum absolute atomic E-state index is 13.0. The van der Waals surface area contributed by atoms with E-state index >= 15 is 0 Å². The molecule has 2 aliphatic rings. The second-order valence-corrected chi connectivity index (χ2v) is 7.54. The topological polar surface area (TPSA) is 42.0 Å². The molecular formula is C23H28N2O3. The Morgan fingerprint density at radius 3 is 2.32 bits per heavy atom. The minimum atomic E-state index is 0.0574. The lowest BCUT2D eigenvalue weighted by Crippen LogP contribution is -2.62. The molecule has 2 heterocycles. The maximum Gasteiger partial charge on any atom is 0.223 e. The van der Waals surface area contributed by atoms with Crippen LogP contribution in [0.1, 0.15) is 23.5 Å². The molecule has 0 radical (unpaired) electrons. The van der Waals surface area contributed by atoms with E-state index < -0.39 is 0 Å². The number of nitrogens with zero attached hydrogens (tertiary/aromatic N) is 2. The molecule has 5 nitrogen and oxygen atoms in total. The zero-order valence-electron chi connectivity index (χ0n) is 16.4. The van der Waals surface area contributed by atoms with Crippen LogP contribution in [0.3, 0.4) is 0 Å². The maximum atomic E-state index is 13.0. The Balaban J connectivity index is 1.43. The highest BCUT2D eigenvalue weighted by Gasteiger charge is 2.36. The van der Waals surface area contributed by atoms with Gasteiger partial charge in [0.25, 0.3) is 0 Å². The van der Waals surface area contributed by atoms with Crippen LogP contribution >= 0.6 is 0 Å². The third-order valence-corrected chi connectivity index (χ3v) is 5.88. The molecule has 2 fully saturated rings. The first-order valence-corrected chi connectivity index (χ1v) is 10.0. The zero-order valence-corrected chi connectivity index (χ0v) is 16.4. The van der Waals surface area contributed by atoms with E-state index in [2.05, 4.69) is 29.2 Å². The molecule has 2 aliphatic heterocycles. The number of carbonyl (C=O) groups is 1. The number of morpholine rings is 1. The minimum absolute atomic E-state index is 0.0574. The lowest BCUT2D eigenvalue weighted by molar-refractivity contribution is -0.140. The molecule has 0 unspecified atom stereocenters. The van der Waals surface area contributed by atoms with Crippen molar-refractivity contribution in [2.45, 2.75) is 18.4 Å². The van der Waals surface area contributed by atoms with Crippen molar-refractivity contribution in [3.8, 4) is 5.75 Å². The van der Waals surface area contributed by atoms with E-state index in [-0.39, 0.29) is 11.8 Å². The van der Waals surface area contributed by atoms with Crippen molar-refractivity contribution in [2.24, 2.45) is 0 Å². The van der Waals surface area contributed by atoms with E-state index in [0.717, 1.165) is 50.7 Å². The molecule has 2 aromatic rings. The SMILES string of the molecule is COc1ccc([C@@H](CC(=O)N2CC(N3CCOCC3)C2)c2ccccc2)cc1. The fraction of sp³-hybridized carbons (Fsp3) is 0.435. The van der Waals surface area contributed by atoms with Crippen molar-refractivity contribution in [3.05, 3.63) is 65.7 Å². The van der Waals surface area contributed by atoms with Gasteiger partial charge in [-0.05, 0) is 23.3 Å². The Morgan fingerprint density at radius 2 is 1.68 bits per heavy atom. The zero-order chi connectivity index (χ0) is 19.3. The smallest absolute Gasteiger partial charge is 0.223 e. The van der Waals surface area contributed by atoms with Gasteiger partial charge in [0, 0.05) is 44.6 Å². The van der Waals surface area contributed by atoms with Crippen LogP contribution < -0.4 is 4.74 Å². The third-order valence-electron chi connectivity index (χ3n) is 5.88. The number of hydrogen-bond donors (Lipinski definition) is 0. The molecule has 4 rings (SSSR count). The van der Waals surface area contributed by atoms with E-state index in [0.29, 0.717) is 12.5 Å². The Hall–Kier alpha value is -2.37. The Labute approximate surface area is 166 Å². The van der Waals surface area contributed by atoms with E-state index in [1.165, 1.54) is 5.56 Å². The predicted octanol–water partition coefficient (Wildman–Crippen LogP) is 2.76. The van der Waals surface area contributed by atoms with Gasteiger partial charge >= 0.3 is 0 Å². The molecule has 2 aromatic carbocycles. The molecule has 28 heavy (non-hydrogen) atoms. The van der Waals surface area contributed by atoms with Crippen molar-refractivity contribution < 1.29 is 14.3 Å². The van der Waals surface area contributed by atoms with Gasteiger partial charge in [0.1, 0.15) is 5.75 Å². The lowest BCUT2D eigenvalue weighted by atomic mass is 9.87. The van der Waals surface area contributed by atoms with Crippen molar-refractivity contribution in [3.63, 3.8) is 0 Å². The molecule has 0 spiro atoms. The normalized spacial score (nSPS) is 19.1. The Morgan fingerprint density at radius 1 is 1.04 bits per heavy atom. The number of hydrogen-bond acceptors (Lipinski definition) is 4. The summed E-state index contributed by atoms with van der Waals surface area (Å²) in [4.78, 5) is 17.4. The number of benzene rings is 2. The fourth-order valence-electron chi connectivity index (χ4n) is 4.09. The first kappa shape index (κ1) is 19.0. The summed E-state index contributed by atoms with van der Waals surface area (Å²) in [6.45, 7) is 5.23. The number of ether oxygens (including phenoxy) is 2. The third kappa shape index (κ3) is 4.21. The standard InChI is InChI=1S/C23H28N2O3/c1-27-21-9-7-19(8-10-21)22(18-5-3-2-4-6-18)15-23(26)25-16-20(17-25)24-11-13-28-14-12-24/h2-10,20,22H,11-17H2,1H3/t22-/m0/s1. The van der Waals surface area contributed by atoms with Crippen LogP contribution in [-0.2, 0) is 9.53 Å². The summed E-state index contributed by atoms with van der Waals surface area (Å²) < 4.78 is 10.7. The summed E-state index contributed by atoms with van der Waals surface area (Å²) >= 11 is 0. The van der Waals surface area contributed by atoms with Crippen LogP contribution in [-0.4, -0.2) is 68.3 Å². The number of carbonyl (C=O) groups excluding carboxylic acids is 1. The van der Waals surface area contributed by atoms with Crippen molar-refractivity contribution in [2.75, 3.05) is 46.5 Å². The van der Waals surface area contributed by atoms with Gasteiger partial charge in [-0.2, -0.15) is 0 Å². The summed E-state index contributed by atoms with van der Waals surface area (Å²) in [7, 11) is 1.67. The predicted molar refractivity (Wildman–Crippen MR) is 109 cm³/mol.